The van der Waals surface area contributed by atoms with E-state index in [0.29, 0.717) is 30.3 Å². The lowest BCUT2D eigenvalue weighted by atomic mass is 9.48. The molecule has 0 aromatic heterocycles. The highest BCUT2D eigenvalue weighted by molar-refractivity contribution is 5.10. The number of aliphatic hydroxyl groups excluding tert-OH is 1. The molecule has 0 aliphatic heterocycles. The third-order valence-corrected chi connectivity index (χ3v) is 11.0. The van der Waals surface area contributed by atoms with Crippen LogP contribution in [0, 0.1) is 46.3 Å². The summed E-state index contributed by atoms with van der Waals surface area (Å²) in [4.78, 5) is 0. The molecular formula is C26H43F3O3. The van der Waals surface area contributed by atoms with Crippen molar-refractivity contribution in [2.24, 2.45) is 46.3 Å². The van der Waals surface area contributed by atoms with E-state index in [1.807, 2.05) is 0 Å². The van der Waals surface area contributed by atoms with Crippen molar-refractivity contribution < 1.29 is 28.1 Å². The van der Waals surface area contributed by atoms with E-state index in [1.54, 1.807) is 14.0 Å². The van der Waals surface area contributed by atoms with Crippen LogP contribution >= 0.6 is 0 Å². The highest BCUT2D eigenvalue weighted by atomic mass is 19.4. The Morgan fingerprint density at radius 2 is 1.66 bits per heavy atom. The minimum atomic E-state index is -4.55. The summed E-state index contributed by atoms with van der Waals surface area (Å²) in [5.41, 5.74) is -0.643. The van der Waals surface area contributed by atoms with Crippen molar-refractivity contribution >= 4 is 0 Å². The van der Waals surface area contributed by atoms with Gasteiger partial charge in [-0.25, -0.2) is 0 Å². The molecule has 186 valence electrons. The van der Waals surface area contributed by atoms with Crippen LogP contribution in [0.1, 0.15) is 85.0 Å². The molecule has 4 fully saturated rings. The van der Waals surface area contributed by atoms with Crippen LogP contribution in [0.25, 0.3) is 0 Å². The van der Waals surface area contributed by atoms with Gasteiger partial charge in [-0.2, -0.15) is 13.2 Å². The number of aliphatic hydroxyl groups is 2. The smallest absolute Gasteiger partial charge is 0.387 e. The SMILES string of the molecule is COC[C@]1(O)CC[C@@]2(C)[C@H](CCC[C@H]3[C@@H]2CC[C@]2(C)[C@@H]([C@H](C)[C@H](O)C(F)(F)F)CC[C@@H]32)C1. The molecule has 2 N–H and O–H groups in total. The molecule has 0 spiro atoms. The summed E-state index contributed by atoms with van der Waals surface area (Å²) < 4.78 is 45.2. The first-order valence-corrected chi connectivity index (χ1v) is 12.8. The highest BCUT2D eigenvalue weighted by Gasteiger charge is 2.62. The quantitative estimate of drug-likeness (QED) is 0.543. The second kappa shape index (κ2) is 8.41. The first-order valence-electron chi connectivity index (χ1n) is 12.8. The Balaban J connectivity index is 1.56. The Morgan fingerprint density at radius 1 is 0.969 bits per heavy atom. The van der Waals surface area contributed by atoms with Crippen LogP contribution in [0.5, 0.6) is 0 Å². The molecule has 0 aromatic rings. The fraction of sp³-hybridized carbons (Fsp3) is 1.00. The fourth-order valence-corrected chi connectivity index (χ4v) is 9.35. The molecule has 10 atom stereocenters. The van der Waals surface area contributed by atoms with Gasteiger partial charge in [-0.3, -0.25) is 0 Å². The van der Waals surface area contributed by atoms with E-state index in [9.17, 15) is 23.4 Å². The molecule has 4 aliphatic rings. The van der Waals surface area contributed by atoms with Gasteiger partial charge < -0.3 is 14.9 Å². The number of rotatable bonds is 4. The van der Waals surface area contributed by atoms with Gasteiger partial charge in [-0.1, -0.05) is 27.2 Å². The van der Waals surface area contributed by atoms with Crippen molar-refractivity contribution in [2.45, 2.75) is 103 Å². The monoisotopic (exact) mass is 460 g/mol. The molecule has 6 heteroatoms. The summed E-state index contributed by atoms with van der Waals surface area (Å²) in [5, 5.41) is 21.1. The fourth-order valence-electron chi connectivity index (χ4n) is 9.35. The number of methoxy groups -OCH3 is 1. The molecule has 0 amide bonds. The van der Waals surface area contributed by atoms with Gasteiger partial charge in [0.1, 0.15) is 0 Å². The van der Waals surface area contributed by atoms with Crippen LogP contribution < -0.4 is 0 Å². The maximum Gasteiger partial charge on any atom is 0.414 e. The average molecular weight is 461 g/mol. The molecule has 4 aliphatic carbocycles. The van der Waals surface area contributed by atoms with Crippen molar-refractivity contribution in [1.29, 1.82) is 0 Å². The van der Waals surface area contributed by atoms with Crippen molar-refractivity contribution in [3.05, 3.63) is 0 Å². The van der Waals surface area contributed by atoms with Crippen LogP contribution in [0.4, 0.5) is 13.2 Å². The number of hydrogen-bond acceptors (Lipinski definition) is 3. The van der Waals surface area contributed by atoms with Gasteiger partial charge in [-0.05, 0) is 104 Å². The second-order valence-electron chi connectivity index (χ2n) is 12.4. The van der Waals surface area contributed by atoms with E-state index in [4.69, 9.17) is 4.74 Å². The van der Waals surface area contributed by atoms with Gasteiger partial charge in [0.05, 0.1) is 12.2 Å². The Bertz CT molecular complexity index is 684. The largest absolute Gasteiger partial charge is 0.414 e. The molecule has 0 heterocycles. The summed E-state index contributed by atoms with van der Waals surface area (Å²) >= 11 is 0. The number of alkyl halides is 3. The lowest BCUT2D eigenvalue weighted by molar-refractivity contribution is -0.227. The number of hydrogen-bond donors (Lipinski definition) is 2. The summed E-state index contributed by atoms with van der Waals surface area (Å²) in [6, 6.07) is 0. The van der Waals surface area contributed by atoms with Gasteiger partial charge in [0.25, 0.3) is 0 Å². The van der Waals surface area contributed by atoms with E-state index in [2.05, 4.69) is 13.8 Å². The van der Waals surface area contributed by atoms with Crippen molar-refractivity contribution in [2.75, 3.05) is 13.7 Å². The molecule has 0 unspecified atom stereocenters. The standard InChI is InChI=1S/C26H43F3O3/c1-16(22(30)26(27,28)29)19-8-9-20-18-7-5-6-17-14-25(31,15-32-4)13-12-23(17,2)21(18)10-11-24(19,20)3/h16-22,30-31H,5-15H2,1-4H3/t16-,17+,18+,19+,20-,21-,22-,23-,24+,25-/m0/s1. The molecule has 0 bridgehead atoms. The topological polar surface area (TPSA) is 49.7 Å². The van der Waals surface area contributed by atoms with Crippen molar-refractivity contribution in [3.8, 4) is 0 Å². The van der Waals surface area contributed by atoms with Crippen LogP contribution in [-0.2, 0) is 4.74 Å². The minimum absolute atomic E-state index is 0.0740. The molecular weight excluding hydrogens is 417 g/mol. The third-order valence-electron chi connectivity index (χ3n) is 11.0. The summed E-state index contributed by atoms with van der Waals surface area (Å²) in [7, 11) is 1.66. The lowest BCUT2D eigenvalue weighted by Crippen LogP contribution is -2.53. The number of halogens is 3. The zero-order valence-corrected chi connectivity index (χ0v) is 20.3. The molecule has 0 saturated heterocycles. The molecule has 0 radical (unpaired) electrons. The van der Waals surface area contributed by atoms with Crippen LogP contribution in [0.3, 0.4) is 0 Å². The zero-order valence-electron chi connectivity index (χ0n) is 20.3. The van der Waals surface area contributed by atoms with E-state index in [1.165, 1.54) is 0 Å². The second-order valence-corrected chi connectivity index (χ2v) is 12.4. The van der Waals surface area contributed by atoms with Gasteiger partial charge in [0.2, 0.25) is 0 Å². The van der Waals surface area contributed by atoms with E-state index in [-0.39, 0.29) is 16.7 Å². The molecule has 4 rings (SSSR count). The van der Waals surface area contributed by atoms with Gasteiger partial charge in [0.15, 0.2) is 6.10 Å². The van der Waals surface area contributed by atoms with Crippen molar-refractivity contribution in [1.82, 2.24) is 0 Å². The van der Waals surface area contributed by atoms with Gasteiger partial charge in [0, 0.05) is 7.11 Å². The predicted molar refractivity (Wildman–Crippen MR) is 118 cm³/mol. The Kier molecular flexibility index (Phi) is 6.51. The summed E-state index contributed by atoms with van der Waals surface area (Å²) in [6.45, 7) is 6.69. The van der Waals surface area contributed by atoms with Gasteiger partial charge >= 0.3 is 6.18 Å². The highest BCUT2D eigenvalue weighted by Crippen LogP contribution is 2.68. The van der Waals surface area contributed by atoms with Crippen LogP contribution in [0.2, 0.25) is 0 Å². The Morgan fingerprint density at radius 3 is 2.31 bits per heavy atom. The normalized spacial score (nSPS) is 48.8. The van der Waals surface area contributed by atoms with Gasteiger partial charge in [-0.15, -0.1) is 0 Å². The first kappa shape index (κ1) is 24.8. The lowest BCUT2D eigenvalue weighted by Gasteiger charge is -2.58. The maximum atomic E-state index is 13.3. The molecule has 4 saturated carbocycles. The van der Waals surface area contributed by atoms with Crippen LogP contribution in [0.15, 0.2) is 0 Å². The Labute approximate surface area is 191 Å². The van der Waals surface area contributed by atoms with E-state index < -0.39 is 23.8 Å². The summed E-state index contributed by atoms with van der Waals surface area (Å²) in [5.74, 6) is 1.24. The molecule has 0 aromatic carbocycles. The molecule has 32 heavy (non-hydrogen) atoms. The van der Waals surface area contributed by atoms with E-state index in [0.717, 1.165) is 64.2 Å². The van der Waals surface area contributed by atoms with Crippen LogP contribution in [-0.4, -0.2) is 41.8 Å². The first-order chi connectivity index (χ1) is 14.9. The Hall–Kier alpha value is -0.330. The molecule has 3 nitrogen and oxygen atoms in total. The summed E-state index contributed by atoms with van der Waals surface area (Å²) in [6.07, 6.45) is 3.06. The zero-order chi connectivity index (χ0) is 23.5. The maximum absolute atomic E-state index is 13.3. The number of ether oxygens (including phenoxy) is 1. The predicted octanol–water partition coefficient (Wildman–Crippen LogP) is 5.97. The van der Waals surface area contributed by atoms with E-state index >= 15 is 0 Å². The minimum Gasteiger partial charge on any atom is -0.387 e. The van der Waals surface area contributed by atoms with Crippen molar-refractivity contribution in [3.63, 3.8) is 0 Å². The number of fused-ring (bicyclic) bond motifs is 5. The third kappa shape index (κ3) is 3.94. The average Bonchev–Trinajstić information content (AvgIpc) is 2.99.